The molecule has 0 aliphatic carbocycles. The van der Waals surface area contributed by atoms with Crippen molar-refractivity contribution in [3.8, 4) is 5.69 Å². The Morgan fingerprint density at radius 3 is 2.67 bits per heavy atom. The van der Waals surface area contributed by atoms with E-state index in [2.05, 4.69) is 16.7 Å². The summed E-state index contributed by atoms with van der Waals surface area (Å²) in [6.07, 6.45) is -0.335. The molecule has 4 rings (SSSR count). The molecule has 1 aromatic carbocycles. The van der Waals surface area contributed by atoms with E-state index in [1.54, 1.807) is 12.1 Å². The fourth-order valence-corrected chi connectivity index (χ4v) is 3.80. The highest BCUT2D eigenvalue weighted by atomic mass is 19.4. The van der Waals surface area contributed by atoms with Crippen molar-refractivity contribution in [2.45, 2.75) is 33.1 Å². The summed E-state index contributed by atoms with van der Waals surface area (Å²) >= 11 is 0. The van der Waals surface area contributed by atoms with Crippen LogP contribution in [0.4, 0.5) is 13.2 Å². The van der Waals surface area contributed by atoms with Crippen LogP contribution in [-0.4, -0.2) is 29.7 Å². The van der Waals surface area contributed by atoms with E-state index in [1.165, 1.54) is 33.9 Å². The molecule has 0 radical (unpaired) electrons. The van der Waals surface area contributed by atoms with E-state index in [4.69, 9.17) is 0 Å². The average Bonchev–Trinajstić information content (AvgIpc) is 3.32. The van der Waals surface area contributed by atoms with Gasteiger partial charge >= 0.3 is 6.18 Å². The van der Waals surface area contributed by atoms with Gasteiger partial charge in [0.25, 0.3) is 5.56 Å². The zero-order chi connectivity index (χ0) is 23.9. The fraction of sp³-hybridized carbons (Fsp3) is 0.217. The zero-order valence-corrected chi connectivity index (χ0v) is 17.9. The second-order valence-electron chi connectivity index (χ2n) is 7.63. The Kier molecular flexibility index (Phi) is 5.52. The van der Waals surface area contributed by atoms with Gasteiger partial charge in [-0.05, 0) is 38.1 Å². The Balaban J connectivity index is 1.69. The molecule has 0 atom stereocenters. The summed E-state index contributed by atoms with van der Waals surface area (Å²) in [7, 11) is 0. The molecule has 0 saturated heterocycles. The number of alkyl halides is 3. The van der Waals surface area contributed by atoms with Crippen molar-refractivity contribution < 1.29 is 18.0 Å². The van der Waals surface area contributed by atoms with Crippen LogP contribution in [0.15, 0.2) is 60.3 Å². The van der Waals surface area contributed by atoms with Crippen LogP contribution in [0.25, 0.3) is 16.7 Å². The average molecular weight is 455 g/mol. The molecule has 0 aliphatic heterocycles. The summed E-state index contributed by atoms with van der Waals surface area (Å²) in [6, 6.07) is 6.35. The minimum Gasteiger partial charge on any atom is -0.345 e. The van der Waals surface area contributed by atoms with Crippen molar-refractivity contribution in [1.82, 2.24) is 23.9 Å². The summed E-state index contributed by atoms with van der Waals surface area (Å²) < 4.78 is 43.5. The fourth-order valence-electron chi connectivity index (χ4n) is 3.80. The second-order valence-corrected chi connectivity index (χ2v) is 7.63. The number of aromatic nitrogens is 5. The van der Waals surface area contributed by atoms with Gasteiger partial charge in [-0.1, -0.05) is 12.1 Å². The zero-order valence-electron chi connectivity index (χ0n) is 17.9. The topological polar surface area (TPSA) is 74.7 Å². The van der Waals surface area contributed by atoms with Gasteiger partial charge in [0.1, 0.15) is 11.7 Å². The third kappa shape index (κ3) is 3.99. The highest BCUT2D eigenvalue weighted by Gasteiger charge is 2.30. The van der Waals surface area contributed by atoms with Crippen molar-refractivity contribution in [2.24, 2.45) is 0 Å². The van der Waals surface area contributed by atoms with Gasteiger partial charge in [0, 0.05) is 23.5 Å². The summed E-state index contributed by atoms with van der Waals surface area (Å²) in [5.41, 5.74) is 1.06. The summed E-state index contributed by atoms with van der Waals surface area (Å²) in [4.78, 5) is 30.0. The quantitative estimate of drug-likeness (QED) is 0.324. The molecule has 0 bridgehead atoms. The van der Waals surface area contributed by atoms with Crippen molar-refractivity contribution in [1.29, 1.82) is 0 Å². The molecule has 0 N–H and O–H groups in total. The van der Waals surface area contributed by atoms with Crippen LogP contribution in [0.1, 0.15) is 27.3 Å². The number of rotatable bonds is 6. The lowest BCUT2D eigenvalue weighted by molar-refractivity contribution is -0.137. The molecule has 4 aromatic rings. The van der Waals surface area contributed by atoms with Gasteiger partial charge in [-0.25, -0.2) is 9.67 Å². The van der Waals surface area contributed by atoms with Crippen LogP contribution in [-0.2, 0) is 19.3 Å². The molecular weight excluding hydrogens is 435 g/mol. The number of Topliss-reactive ketones (excluding diaryl/α,β-unsaturated/α-hetero) is 1. The van der Waals surface area contributed by atoms with Gasteiger partial charge in [-0.15, -0.1) is 6.58 Å². The Labute approximate surface area is 186 Å². The molecule has 170 valence electrons. The van der Waals surface area contributed by atoms with E-state index in [1.807, 2.05) is 18.4 Å². The van der Waals surface area contributed by atoms with Crippen molar-refractivity contribution in [3.05, 3.63) is 88.4 Å². The molecule has 3 aromatic heterocycles. The van der Waals surface area contributed by atoms with Crippen LogP contribution in [0.3, 0.4) is 0 Å². The summed E-state index contributed by atoms with van der Waals surface area (Å²) in [5.74, 6) is -0.257. The Hall–Kier alpha value is -3.95. The number of nitrogens with zero attached hydrogens (tertiary/aromatic N) is 5. The second kappa shape index (κ2) is 8.19. The van der Waals surface area contributed by atoms with Crippen molar-refractivity contribution in [2.75, 3.05) is 0 Å². The first kappa shape index (κ1) is 22.3. The standard InChI is InChI=1S/C23H20F3N5O2/c1-4-8-30-14(2)9-18(15(30)3)20(32)12-29-13-27-21-19(22(29)33)11-28-31(21)17-7-5-6-16(10-17)23(24,25)26/h4-7,9-11,13H,1,8,12H2,2-3H3. The number of hydrogen-bond acceptors (Lipinski definition) is 4. The van der Waals surface area contributed by atoms with E-state index in [0.29, 0.717) is 12.1 Å². The highest BCUT2D eigenvalue weighted by molar-refractivity contribution is 5.97. The number of aryl methyl sites for hydroxylation is 1. The molecule has 0 aliphatic rings. The normalized spacial score (nSPS) is 11.8. The van der Waals surface area contributed by atoms with E-state index in [9.17, 15) is 22.8 Å². The van der Waals surface area contributed by atoms with E-state index >= 15 is 0 Å². The minimum absolute atomic E-state index is 0.0971. The van der Waals surface area contributed by atoms with Crippen molar-refractivity contribution in [3.63, 3.8) is 0 Å². The third-order valence-corrected chi connectivity index (χ3v) is 5.47. The number of allylic oxidation sites excluding steroid dienone is 1. The maximum Gasteiger partial charge on any atom is 0.416 e. The predicted molar refractivity (Wildman–Crippen MR) is 117 cm³/mol. The van der Waals surface area contributed by atoms with Gasteiger partial charge in [-0.3, -0.25) is 14.2 Å². The van der Waals surface area contributed by atoms with E-state index in [-0.39, 0.29) is 29.0 Å². The van der Waals surface area contributed by atoms with E-state index < -0.39 is 17.3 Å². The molecule has 0 amide bonds. The molecule has 0 fully saturated rings. The lowest BCUT2D eigenvalue weighted by Crippen LogP contribution is -2.25. The van der Waals surface area contributed by atoms with Crippen molar-refractivity contribution >= 4 is 16.8 Å². The number of fused-ring (bicyclic) bond motifs is 1. The number of hydrogen-bond donors (Lipinski definition) is 0. The minimum atomic E-state index is -4.51. The summed E-state index contributed by atoms with van der Waals surface area (Å²) in [6.45, 7) is 7.76. The smallest absolute Gasteiger partial charge is 0.345 e. The SMILES string of the molecule is C=CCn1c(C)cc(C(=O)Cn2cnc3c(cnn3-c3cccc(C(F)(F)F)c3)c2=O)c1C. The Morgan fingerprint density at radius 2 is 1.97 bits per heavy atom. The van der Waals surface area contributed by atoms with Gasteiger partial charge in [0.05, 0.1) is 24.0 Å². The van der Waals surface area contributed by atoms with Crippen LogP contribution < -0.4 is 5.56 Å². The molecular formula is C23H20F3N5O2. The first-order valence-electron chi connectivity index (χ1n) is 10.0. The highest BCUT2D eigenvalue weighted by Crippen LogP contribution is 2.30. The number of ketones is 1. The largest absolute Gasteiger partial charge is 0.416 e. The Morgan fingerprint density at radius 1 is 1.21 bits per heavy atom. The number of carbonyl (C=O) groups excluding carboxylic acids is 1. The number of halogens is 3. The number of benzene rings is 1. The van der Waals surface area contributed by atoms with Crippen LogP contribution in [0.2, 0.25) is 0 Å². The van der Waals surface area contributed by atoms with E-state index in [0.717, 1.165) is 23.5 Å². The van der Waals surface area contributed by atoms with Crippen LogP contribution in [0, 0.1) is 13.8 Å². The molecule has 33 heavy (non-hydrogen) atoms. The molecule has 3 heterocycles. The van der Waals surface area contributed by atoms with Gasteiger partial charge in [-0.2, -0.15) is 18.3 Å². The maximum atomic E-state index is 13.1. The molecule has 0 spiro atoms. The first-order valence-corrected chi connectivity index (χ1v) is 10.0. The monoisotopic (exact) mass is 455 g/mol. The molecule has 0 unspecified atom stereocenters. The Bertz CT molecular complexity index is 1440. The third-order valence-electron chi connectivity index (χ3n) is 5.47. The lowest BCUT2D eigenvalue weighted by atomic mass is 10.1. The molecule has 10 heteroatoms. The van der Waals surface area contributed by atoms with Crippen LogP contribution in [0.5, 0.6) is 0 Å². The van der Waals surface area contributed by atoms with Gasteiger partial charge < -0.3 is 4.57 Å². The predicted octanol–water partition coefficient (Wildman–Crippen LogP) is 4.09. The van der Waals surface area contributed by atoms with Gasteiger partial charge in [0.2, 0.25) is 0 Å². The molecule has 0 saturated carbocycles. The summed E-state index contributed by atoms with van der Waals surface area (Å²) in [5, 5.41) is 4.15. The number of carbonyl (C=O) groups is 1. The maximum absolute atomic E-state index is 13.1. The first-order chi connectivity index (χ1) is 15.6. The lowest BCUT2D eigenvalue weighted by Gasteiger charge is -2.09. The van der Waals surface area contributed by atoms with Gasteiger partial charge in [0.15, 0.2) is 11.4 Å². The van der Waals surface area contributed by atoms with Crippen LogP contribution >= 0.6 is 0 Å². The molecule has 7 nitrogen and oxygen atoms in total.